The van der Waals surface area contributed by atoms with Crippen molar-refractivity contribution < 1.29 is 19.1 Å². The molecule has 2 unspecified atom stereocenters. The monoisotopic (exact) mass is 424 g/mol. The normalized spacial score (nSPS) is 19.6. The molecule has 0 saturated carbocycles. The van der Waals surface area contributed by atoms with Crippen LogP contribution in [0.4, 0.5) is 0 Å². The standard InChI is InChI=1S/C25H32N2O4/c1-18-14-27(15-19(2)31-18)25(3,4)17-26-23(28)16-30-22-12-10-21(11-13-22)24(29)20-8-6-5-7-9-20/h5-13,18-19H,14-17H2,1-4H3,(H,26,28). The zero-order valence-electron chi connectivity index (χ0n) is 18.8. The lowest BCUT2D eigenvalue weighted by molar-refractivity contribution is -0.124. The third kappa shape index (κ3) is 6.39. The number of nitrogens with zero attached hydrogens (tertiary/aromatic N) is 1. The van der Waals surface area contributed by atoms with Gasteiger partial charge in [0.15, 0.2) is 12.4 Å². The van der Waals surface area contributed by atoms with Gasteiger partial charge in [-0.05, 0) is 52.0 Å². The van der Waals surface area contributed by atoms with Crippen molar-refractivity contribution in [1.29, 1.82) is 0 Å². The predicted octanol–water partition coefficient (Wildman–Crippen LogP) is 3.30. The summed E-state index contributed by atoms with van der Waals surface area (Å²) in [5.41, 5.74) is 1.04. The fraction of sp³-hybridized carbons (Fsp3) is 0.440. The van der Waals surface area contributed by atoms with Gasteiger partial charge in [0.2, 0.25) is 0 Å². The fourth-order valence-corrected chi connectivity index (χ4v) is 3.76. The second kappa shape index (κ2) is 10.1. The summed E-state index contributed by atoms with van der Waals surface area (Å²) in [6, 6.07) is 16.0. The van der Waals surface area contributed by atoms with E-state index < -0.39 is 0 Å². The summed E-state index contributed by atoms with van der Waals surface area (Å²) in [6.07, 6.45) is 0.359. The van der Waals surface area contributed by atoms with Gasteiger partial charge in [-0.3, -0.25) is 14.5 Å². The zero-order valence-corrected chi connectivity index (χ0v) is 18.8. The van der Waals surface area contributed by atoms with Crippen LogP contribution < -0.4 is 10.1 Å². The first-order valence-electron chi connectivity index (χ1n) is 10.7. The van der Waals surface area contributed by atoms with E-state index in [1.165, 1.54) is 0 Å². The minimum atomic E-state index is -0.179. The molecule has 1 aliphatic heterocycles. The van der Waals surface area contributed by atoms with Gasteiger partial charge in [0, 0.05) is 36.3 Å². The predicted molar refractivity (Wildman–Crippen MR) is 120 cm³/mol. The first-order valence-corrected chi connectivity index (χ1v) is 10.7. The summed E-state index contributed by atoms with van der Waals surface area (Å²) >= 11 is 0. The van der Waals surface area contributed by atoms with E-state index >= 15 is 0 Å². The molecule has 6 nitrogen and oxygen atoms in total. The van der Waals surface area contributed by atoms with Crippen LogP contribution in [0, 0.1) is 0 Å². The van der Waals surface area contributed by atoms with Gasteiger partial charge in [0.05, 0.1) is 12.2 Å². The Balaban J connectivity index is 1.46. The number of amides is 1. The Bertz CT molecular complexity index is 870. The highest BCUT2D eigenvalue weighted by Gasteiger charge is 2.33. The molecule has 6 heteroatoms. The van der Waals surface area contributed by atoms with Crippen LogP contribution >= 0.6 is 0 Å². The van der Waals surface area contributed by atoms with Crippen molar-refractivity contribution in [2.75, 3.05) is 26.2 Å². The van der Waals surface area contributed by atoms with Crippen LogP contribution in [0.2, 0.25) is 0 Å². The van der Waals surface area contributed by atoms with E-state index in [2.05, 4.69) is 37.9 Å². The van der Waals surface area contributed by atoms with Crippen molar-refractivity contribution in [3.63, 3.8) is 0 Å². The van der Waals surface area contributed by atoms with Crippen LogP contribution in [-0.2, 0) is 9.53 Å². The molecule has 1 aliphatic rings. The van der Waals surface area contributed by atoms with Gasteiger partial charge >= 0.3 is 0 Å². The number of ether oxygens (including phenoxy) is 2. The van der Waals surface area contributed by atoms with Crippen LogP contribution in [-0.4, -0.2) is 60.6 Å². The number of hydrogen-bond acceptors (Lipinski definition) is 5. The average molecular weight is 425 g/mol. The van der Waals surface area contributed by atoms with Crippen LogP contribution in [0.15, 0.2) is 54.6 Å². The van der Waals surface area contributed by atoms with Crippen molar-refractivity contribution in [1.82, 2.24) is 10.2 Å². The summed E-state index contributed by atoms with van der Waals surface area (Å²) in [7, 11) is 0. The lowest BCUT2D eigenvalue weighted by atomic mass is 10.00. The molecule has 0 spiro atoms. The number of ketones is 1. The van der Waals surface area contributed by atoms with E-state index in [-0.39, 0.29) is 36.0 Å². The SMILES string of the molecule is CC1CN(C(C)(C)CNC(=O)COc2ccc(C(=O)c3ccccc3)cc2)CC(C)O1. The molecule has 1 fully saturated rings. The van der Waals surface area contributed by atoms with Gasteiger partial charge in [0.1, 0.15) is 5.75 Å². The fourth-order valence-electron chi connectivity index (χ4n) is 3.76. The molecule has 2 aromatic rings. The molecule has 1 heterocycles. The maximum Gasteiger partial charge on any atom is 0.258 e. The number of benzene rings is 2. The molecule has 2 atom stereocenters. The number of carbonyl (C=O) groups is 2. The molecule has 2 aromatic carbocycles. The molecule has 1 saturated heterocycles. The number of carbonyl (C=O) groups excluding carboxylic acids is 2. The van der Waals surface area contributed by atoms with Crippen molar-refractivity contribution >= 4 is 11.7 Å². The van der Waals surface area contributed by atoms with E-state index in [0.717, 1.165) is 13.1 Å². The van der Waals surface area contributed by atoms with Crippen LogP contribution in [0.3, 0.4) is 0 Å². The third-order valence-electron chi connectivity index (χ3n) is 5.52. The van der Waals surface area contributed by atoms with Gasteiger partial charge in [-0.25, -0.2) is 0 Å². The number of rotatable bonds is 8. The summed E-state index contributed by atoms with van der Waals surface area (Å²) in [6.45, 7) is 10.5. The topological polar surface area (TPSA) is 67.9 Å². The average Bonchev–Trinajstić information content (AvgIpc) is 2.76. The second-order valence-corrected chi connectivity index (χ2v) is 8.76. The van der Waals surface area contributed by atoms with Crippen molar-refractivity contribution in [2.45, 2.75) is 45.4 Å². The summed E-state index contributed by atoms with van der Waals surface area (Å²) < 4.78 is 11.4. The lowest BCUT2D eigenvalue weighted by Crippen LogP contribution is -2.58. The minimum Gasteiger partial charge on any atom is -0.484 e. The van der Waals surface area contributed by atoms with Crippen LogP contribution in [0.25, 0.3) is 0 Å². The third-order valence-corrected chi connectivity index (χ3v) is 5.52. The number of hydrogen-bond donors (Lipinski definition) is 1. The number of morpholine rings is 1. The highest BCUT2D eigenvalue weighted by molar-refractivity contribution is 6.08. The smallest absolute Gasteiger partial charge is 0.258 e. The van der Waals surface area contributed by atoms with Crippen molar-refractivity contribution in [2.24, 2.45) is 0 Å². The lowest BCUT2D eigenvalue weighted by Gasteiger charge is -2.45. The largest absolute Gasteiger partial charge is 0.484 e. The maximum atomic E-state index is 12.5. The Labute approximate surface area is 184 Å². The first kappa shape index (κ1) is 23.0. The number of nitrogens with one attached hydrogen (secondary N) is 1. The molecular formula is C25H32N2O4. The molecule has 1 N–H and O–H groups in total. The Morgan fingerprint density at radius 1 is 1.00 bits per heavy atom. The molecule has 0 aliphatic carbocycles. The highest BCUT2D eigenvalue weighted by atomic mass is 16.5. The molecular weight excluding hydrogens is 392 g/mol. The van der Waals surface area contributed by atoms with E-state index in [4.69, 9.17) is 9.47 Å². The van der Waals surface area contributed by atoms with Crippen molar-refractivity contribution in [3.05, 3.63) is 65.7 Å². The van der Waals surface area contributed by atoms with Gasteiger partial charge < -0.3 is 14.8 Å². The molecule has 3 rings (SSSR count). The molecule has 166 valence electrons. The molecule has 1 amide bonds. The molecule has 0 aromatic heterocycles. The second-order valence-electron chi connectivity index (χ2n) is 8.76. The van der Waals surface area contributed by atoms with Crippen LogP contribution in [0.5, 0.6) is 5.75 Å². The summed E-state index contributed by atoms with van der Waals surface area (Å²) in [5.74, 6) is 0.334. The van der Waals surface area contributed by atoms with Crippen LogP contribution in [0.1, 0.15) is 43.6 Å². The Hall–Kier alpha value is -2.70. The van der Waals surface area contributed by atoms with Crippen molar-refractivity contribution in [3.8, 4) is 5.75 Å². The molecule has 31 heavy (non-hydrogen) atoms. The maximum absolute atomic E-state index is 12.5. The Morgan fingerprint density at radius 2 is 1.58 bits per heavy atom. The Kier molecular flexibility index (Phi) is 7.46. The van der Waals surface area contributed by atoms with E-state index in [9.17, 15) is 9.59 Å². The zero-order chi connectivity index (χ0) is 22.4. The minimum absolute atomic E-state index is 0.0427. The molecule has 0 bridgehead atoms. The van der Waals surface area contributed by atoms with E-state index in [0.29, 0.717) is 23.4 Å². The van der Waals surface area contributed by atoms with Gasteiger partial charge in [0.25, 0.3) is 5.91 Å². The summed E-state index contributed by atoms with van der Waals surface area (Å²) in [5, 5.41) is 2.97. The van der Waals surface area contributed by atoms with Gasteiger partial charge in [-0.1, -0.05) is 30.3 Å². The van der Waals surface area contributed by atoms with Gasteiger partial charge in [-0.15, -0.1) is 0 Å². The molecule has 0 radical (unpaired) electrons. The van der Waals surface area contributed by atoms with E-state index in [1.807, 2.05) is 18.2 Å². The van der Waals surface area contributed by atoms with E-state index in [1.54, 1.807) is 36.4 Å². The Morgan fingerprint density at radius 3 is 2.19 bits per heavy atom. The quantitative estimate of drug-likeness (QED) is 0.659. The summed E-state index contributed by atoms with van der Waals surface area (Å²) in [4.78, 5) is 27.1. The van der Waals surface area contributed by atoms with Gasteiger partial charge in [-0.2, -0.15) is 0 Å². The highest BCUT2D eigenvalue weighted by Crippen LogP contribution is 2.21. The first-order chi connectivity index (χ1) is 14.7.